The van der Waals surface area contributed by atoms with Gasteiger partial charge in [-0.15, -0.1) is 0 Å². The lowest BCUT2D eigenvalue weighted by atomic mass is 9.98. The fourth-order valence-corrected chi connectivity index (χ4v) is 3.90. The maximum absolute atomic E-state index is 13.7. The minimum absolute atomic E-state index is 0.0701. The molecule has 32 heavy (non-hydrogen) atoms. The number of hydrogen-bond acceptors (Lipinski definition) is 2. The average Bonchev–Trinajstić information content (AvgIpc) is 3.23. The maximum atomic E-state index is 13.7. The first kappa shape index (κ1) is 22.1. The van der Waals surface area contributed by atoms with Gasteiger partial charge >= 0.3 is 6.18 Å². The molecule has 3 nitrogen and oxygen atoms in total. The van der Waals surface area contributed by atoms with Crippen molar-refractivity contribution in [2.24, 2.45) is 0 Å². The van der Waals surface area contributed by atoms with E-state index in [1.54, 1.807) is 0 Å². The minimum atomic E-state index is -4.58. The van der Waals surface area contributed by atoms with E-state index in [0.717, 1.165) is 32.4 Å². The van der Waals surface area contributed by atoms with E-state index in [2.05, 4.69) is 15.9 Å². The van der Waals surface area contributed by atoms with Gasteiger partial charge in [0.15, 0.2) is 0 Å². The number of nitrogens with zero attached hydrogens (tertiary/aromatic N) is 1. The molecule has 0 spiro atoms. The van der Waals surface area contributed by atoms with Crippen molar-refractivity contribution in [3.8, 4) is 0 Å². The van der Waals surface area contributed by atoms with Gasteiger partial charge in [0, 0.05) is 11.0 Å². The van der Waals surface area contributed by atoms with Crippen molar-refractivity contribution in [1.29, 1.82) is 0 Å². The zero-order valence-corrected chi connectivity index (χ0v) is 18.7. The molecule has 1 amide bonds. The number of hydrogen-bond donors (Lipinski definition) is 0. The van der Waals surface area contributed by atoms with Crippen LogP contribution in [-0.2, 0) is 19.3 Å². The molecular formula is C25H19BrF3NO2. The molecule has 0 aliphatic rings. The van der Waals surface area contributed by atoms with Crippen LogP contribution < -0.4 is 0 Å². The Bertz CT molecular complexity index is 1260. The normalized spacial score (nSPS) is 11.7. The van der Waals surface area contributed by atoms with Crippen LogP contribution in [0.1, 0.15) is 33.0 Å². The number of benzene rings is 3. The van der Waals surface area contributed by atoms with Crippen molar-refractivity contribution in [2.75, 3.05) is 0 Å². The first-order valence-electron chi connectivity index (χ1n) is 9.90. The molecule has 0 bridgehead atoms. The summed E-state index contributed by atoms with van der Waals surface area (Å²) in [6.07, 6.45) is -4.58. The molecule has 0 N–H and O–H groups in total. The first-order valence-corrected chi connectivity index (χ1v) is 10.7. The Labute approximate surface area is 191 Å². The highest BCUT2D eigenvalue weighted by Gasteiger charge is 2.35. The van der Waals surface area contributed by atoms with Crippen LogP contribution in [0.15, 0.2) is 81.7 Å². The SMILES string of the molecule is Cc1ccc2ccccc2c1C(=O)N(Cc1ccc(Br)cc1)Cc1ccc(C(F)(F)F)o1. The van der Waals surface area contributed by atoms with E-state index in [1.165, 1.54) is 11.0 Å². The van der Waals surface area contributed by atoms with E-state index >= 15 is 0 Å². The number of amides is 1. The molecule has 4 rings (SSSR count). The Morgan fingerprint density at radius 3 is 2.34 bits per heavy atom. The molecule has 0 fully saturated rings. The highest BCUT2D eigenvalue weighted by molar-refractivity contribution is 9.10. The number of aryl methyl sites for hydroxylation is 1. The second-order valence-corrected chi connectivity index (χ2v) is 8.45. The van der Waals surface area contributed by atoms with Gasteiger partial charge in [0.05, 0.1) is 12.1 Å². The fourth-order valence-electron chi connectivity index (χ4n) is 3.64. The molecule has 0 atom stereocenters. The molecule has 7 heteroatoms. The standard InChI is InChI=1S/C25H19BrF3NO2/c1-16-6-9-18-4-2-3-5-21(18)23(16)24(31)30(14-17-7-10-19(26)11-8-17)15-20-12-13-22(32-20)25(27,28)29/h2-13H,14-15H2,1H3. The topological polar surface area (TPSA) is 33.5 Å². The predicted molar refractivity (Wildman–Crippen MR) is 120 cm³/mol. The van der Waals surface area contributed by atoms with Gasteiger partial charge in [-0.2, -0.15) is 13.2 Å². The van der Waals surface area contributed by atoms with Crippen molar-refractivity contribution in [2.45, 2.75) is 26.2 Å². The monoisotopic (exact) mass is 501 g/mol. The molecule has 0 saturated heterocycles. The molecule has 0 radical (unpaired) electrons. The third-order valence-electron chi connectivity index (χ3n) is 5.21. The summed E-state index contributed by atoms with van der Waals surface area (Å²) in [4.78, 5) is 15.2. The van der Waals surface area contributed by atoms with Crippen LogP contribution in [0.25, 0.3) is 10.8 Å². The molecule has 0 saturated carbocycles. The Morgan fingerprint density at radius 2 is 1.66 bits per heavy atom. The van der Waals surface area contributed by atoms with Crippen molar-refractivity contribution in [3.63, 3.8) is 0 Å². The molecule has 164 valence electrons. The third-order valence-corrected chi connectivity index (χ3v) is 5.74. The van der Waals surface area contributed by atoms with Gasteiger partial charge in [-0.1, -0.05) is 64.5 Å². The van der Waals surface area contributed by atoms with E-state index in [9.17, 15) is 18.0 Å². The molecule has 0 unspecified atom stereocenters. The van der Waals surface area contributed by atoms with E-state index < -0.39 is 11.9 Å². The number of rotatable bonds is 5. The van der Waals surface area contributed by atoms with Crippen molar-refractivity contribution >= 4 is 32.6 Å². The lowest BCUT2D eigenvalue weighted by molar-refractivity contribution is -0.153. The smallest absolute Gasteiger partial charge is 0.449 e. The van der Waals surface area contributed by atoms with Crippen LogP contribution in [0.5, 0.6) is 0 Å². The summed E-state index contributed by atoms with van der Waals surface area (Å²) in [6, 6.07) is 21.0. The van der Waals surface area contributed by atoms with Crippen molar-refractivity contribution < 1.29 is 22.4 Å². The summed E-state index contributed by atoms with van der Waals surface area (Å²) in [5.74, 6) is -1.28. The van der Waals surface area contributed by atoms with Gasteiger partial charge in [0.1, 0.15) is 5.76 Å². The summed E-state index contributed by atoms with van der Waals surface area (Å²) < 4.78 is 44.9. The Hall–Kier alpha value is -3.06. The minimum Gasteiger partial charge on any atom is -0.455 e. The van der Waals surface area contributed by atoms with Crippen LogP contribution in [-0.4, -0.2) is 10.8 Å². The van der Waals surface area contributed by atoms with Gasteiger partial charge < -0.3 is 9.32 Å². The molecule has 4 aromatic rings. The van der Waals surface area contributed by atoms with Gasteiger partial charge in [0.2, 0.25) is 5.76 Å². The zero-order valence-electron chi connectivity index (χ0n) is 17.1. The number of halogens is 4. The number of alkyl halides is 3. The Kier molecular flexibility index (Phi) is 6.11. The summed E-state index contributed by atoms with van der Waals surface area (Å²) >= 11 is 3.39. The number of fused-ring (bicyclic) bond motifs is 1. The zero-order chi connectivity index (χ0) is 22.9. The summed E-state index contributed by atoms with van der Waals surface area (Å²) in [5, 5.41) is 1.72. The van der Waals surface area contributed by atoms with Gasteiger partial charge in [0.25, 0.3) is 5.91 Å². The van der Waals surface area contributed by atoms with Crippen LogP contribution in [0.2, 0.25) is 0 Å². The average molecular weight is 502 g/mol. The van der Waals surface area contributed by atoms with E-state index in [0.29, 0.717) is 5.56 Å². The molecule has 1 aromatic heterocycles. The van der Waals surface area contributed by atoms with Crippen LogP contribution in [0, 0.1) is 6.92 Å². The predicted octanol–water partition coefficient (Wildman–Crippen LogP) is 7.37. The Morgan fingerprint density at radius 1 is 0.938 bits per heavy atom. The van der Waals surface area contributed by atoms with Gasteiger partial charge in [-0.3, -0.25) is 4.79 Å². The summed E-state index contributed by atoms with van der Waals surface area (Å²) in [7, 11) is 0. The number of carbonyl (C=O) groups is 1. The number of carbonyl (C=O) groups excluding carboxylic acids is 1. The highest BCUT2D eigenvalue weighted by atomic mass is 79.9. The Balaban J connectivity index is 1.73. The van der Waals surface area contributed by atoms with Crippen LogP contribution >= 0.6 is 15.9 Å². The lowest BCUT2D eigenvalue weighted by Crippen LogP contribution is -2.30. The van der Waals surface area contributed by atoms with Crippen LogP contribution in [0.4, 0.5) is 13.2 Å². The van der Waals surface area contributed by atoms with Crippen molar-refractivity contribution in [1.82, 2.24) is 4.90 Å². The van der Waals surface area contributed by atoms with E-state index in [4.69, 9.17) is 4.42 Å². The highest BCUT2D eigenvalue weighted by Crippen LogP contribution is 2.31. The lowest BCUT2D eigenvalue weighted by Gasteiger charge is -2.24. The second-order valence-electron chi connectivity index (χ2n) is 7.53. The first-order chi connectivity index (χ1) is 15.2. The van der Waals surface area contributed by atoms with Crippen LogP contribution in [0.3, 0.4) is 0 Å². The maximum Gasteiger partial charge on any atom is 0.449 e. The molecule has 0 aliphatic carbocycles. The summed E-state index contributed by atoms with van der Waals surface area (Å²) in [6.45, 7) is 1.98. The molecule has 0 aliphatic heterocycles. The third kappa shape index (κ3) is 4.72. The second kappa shape index (κ2) is 8.82. The van der Waals surface area contributed by atoms with E-state index in [-0.39, 0.29) is 24.8 Å². The van der Waals surface area contributed by atoms with Crippen molar-refractivity contribution in [3.05, 3.63) is 105 Å². The molecule has 1 heterocycles. The molecular weight excluding hydrogens is 483 g/mol. The van der Waals surface area contributed by atoms with Gasteiger partial charge in [-0.25, -0.2) is 0 Å². The largest absolute Gasteiger partial charge is 0.455 e. The summed E-state index contributed by atoms with van der Waals surface area (Å²) in [5.41, 5.74) is 2.18. The number of furan rings is 1. The quantitative estimate of drug-likeness (QED) is 0.286. The van der Waals surface area contributed by atoms with E-state index in [1.807, 2.05) is 67.6 Å². The fraction of sp³-hybridized carbons (Fsp3) is 0.160. The van der Waals surface area contributed by atoms with Gasteiger partial charge in [-0.05, 0) is 53.1 Å². The molecule has 3 aromatic carbocycles.